The van der Waals surface area contributed by atoms with Crippen molar-refractivity contribution in [1.29, 1.82) is 0 Å². The number of nitrogens with one attached hydrogen (secondary N) is 1. The number of nitrogens with zero attached hydrogens (tertiary/aromatic N) is 2. The van der Waals surface area contributed by atoms with Gasteiger partial charge >= 0.3 is 0 Å². The first-order valence-electron chi connectivity index (χ1n) is 8.64. The molecule has 1 aliphatic rings. The highest BCUT2D eigenvalue weighted by atomic mass is 35.5. The summed E-state index contributed by atoms with van der Waals surface area (Å²) in [7, 11) is -3.81. The van der Waals surface area contributed by atoms with Gasteiger partial charge in [-0.3, -0.25) is 14.9 Å². The highest BCUT2D eigenvalue weighted by Crippen LogP contribution is 2.26. The van der Waals surface area contributed by atoms with Crippen molar-refractivity contribution in [3.8, 4) is 0 Å². The predicted octanol–water partition coefficient (Wildman–Crippen LogP) is 2.83. The van der Waals surface area contributed by atoms with Crippen LogP contribution in [0.25, 0.3) is 0 Å². The van der Waals surface area contributed by atoms with Crippen molar-refractivity contribution in [2.45, 2.75) is 11.8 Å². The Hall–Kier alpha value is -2.53. The van der Waals surface area contributed by atoms with Gasteiger partial charge in [0.25, 0.3) is 11.6 Å². The van der Waals surface area contributed by atoms with Crippen LogP contribution < -0.4 is 5.32 Å². The van der Waals surface area contributed by atoms with Crippen molar-refractivity contribution in [2.24, 2.45) is 0 Å². The number of hydrogen-bond acceptors (Lipinski definition) is 6. The topological polar surface area (TPSA) is 119 Å². The molecule has 3 rings (SSSR count). The molecule has 9 nitrogen and oxygen atoms in total. The van der Waals surface area contributed by atoms with Crippen LogP contribution in [-0.4, -0.2) is 49.9 Å². The van der Waals surface area contributed by atoms with Crippen molar-refractivity contribution in [1.82, 2.24) is 4.31 Å². The number of halogens is 1. The van der Waals surface area contributed by atoms with Crippen molar-refractivity contribution in [3.63, 3.8) is 0 Å². The molecule has 1 heterocycles. The number of morpholine rings is 1. The monoisotopic (exact) mass is 439 g/mol. The van der Waals surface area contributed by atoms with Gasteiger partial charge in [-0.1, -0.05) is 17.7 Å². The minimum atomic E-state index is -3.81. The quantitative estimate of drug-likeness (QED) is 0.565. The summed E-state index contributed by atoms with van der Waals surface area (Å²) in [6.45, 7) is 2.62. The van der Waals surface area contributed by atoms with Gasteiger partial charge in [0.2, 0.25) is 10.0 Å². The van der Waals surface area contributed by atoms with E-state index in [1.807, 2.05) is 0 Å². The number of nitro benzene ring substituents is 1. The number of hydrogen-bond donors (Lipinski definition) is 1. The van der Waals surface area contributed by atoms with E-state index in [0.717, 1.165) is 0 Å². The van der Waals surface area contributed by atoms with Crippen LogP contribution in [0.2, 0.25) is 5.02 Å². The molecule has 1 aliphatic heterocycles. The van der Waals surface area contributed by atoms with Gasteiger partial charge in [-0.05, 0) is 31.2 Å². The van der Waals surface area contributed by atoms with Crippen LogP contribution in [-0.2, 0) is 14.8 Å². The Kier molecular flexibility index (Phi) is 6.18. The number of sulfonamides is 1. The summed E-state index contributed by atoms with van der Waals surface area (Å²) in [4.78, 5) is 23.1. The highest BCUT2D eigenvalue weighted by molar-refractivity contribution is 7.89. The van der Waals surface area contributed by atoms with Gasteiger partial charge in [0, 0.05) is 30.4 Å². The first kappa shape index (κ1) is 21.2. The molecule has 0 aromatic heterocycles. The van der Waals surface area contributed by atoms with E-state index in [4.69, 9.17) is 16.3 Å². The molecule has 154 valence electrons. The van der Waals surface area contributed by atoms with Crippen molar-refractivity contribution >= 4 is 38.9 Å². The average Bonchev–Trinajstić information content (AvgIpc) is 2.70. The minimum Gasteiger partial charge on any atom is -0.379 e. The van der Waals surface area contributed by atoms with Crippen molar-refractivity contribution in [3.05, 3.63) is 62.7 Å². The smallest absolute Gasteiger partial charge is 0.274 e. The van der Waals surface area contributed by atoms with Gasteiger partial charge in [-0.15, -0.1) is 0 Å². The molecule has 29 heavy (non-hydrogen) atoms. The molecule has 1 fully saturated rings. The van der Waals surface area contributed by atoms with E-state index in [2.05, 4.69) is 5.32 Å². The fourth-order valence-corrected chi connectivity index (χ4v) is 4.50. The number of nitro groups is 1. The first-order chi connectivity index (χ1) is 13.7. The molecule has 2 aromatic carbocycles. The molecule has 1 amide bonds. The van der Waals surface area contributed by atoms with Crippen LogP contribution in [0, 0.1) is 17.0 Å². The predicted molar refractivity (Wildman–Crippen MR) is 107 cm³/mol. The number of carbonyl (C=O) groups is 1. The van der Waals surface area contributed by atoms with E-state index in [9.17, 15) is 23.3 Å². The zero-order valence-corrected chi connectivity index (χ0v) is 17.0. The summed E-state index contributed by atoms with van der Waals surface area (Å²) in [5, 5.41) is 13.7. The van der Waals surface area contributed by atoms with E-state index >= 15 is 0 Å². The van der Waals surface area contributed by atoms with Gasteiger partial charge in [0.15, 0.2) is 0 Å². The number of amides is 1. The van der Waals surface area contributed by atoms with Crippen LogP contribution in [0.5, 0.6) is 0 Å². The van der Waals surface area contributed by atoms with Gasteiger partial charge < -0.3 is 10.1 Å². The zero-order valence-electron chi connectivity index (χ0n) is 15.4. The van der Waals surface area contributed by atoms with E-state index in [-0.39, 0.29) is 39.9 Å². The number of carbonyl (C=O) groups excluding carboxylic acids is 1. The molecule has 0 spiro atoms. The first-order valence-corrected chi connectivity index (χ1v) is 10.5. The van der Waals surface area contributed by atoms with Crippen molar-refractivity contribution < 1.29 is 22.9 Å². The van der Waals surface area contributed by atoms with Crippen LogP contribution in [0.3, 0.4) is 0 Å². The Morgan fingerprint density at radius 3 is 2.55 bits per heavy atom. The number of aryl methyl sites for hydroxylation is 1. The Labute approximate surface area is 172 Å². The zero-order chi connectivity index (χ0) is 21.2. The SMILES string of the molecule is Cc1ccc(NC(=O)c2cc(S(=O)(=O)N3CCOCC3)ccc2Cl)cc1[N+](=O)[O-]. The lowest BCUT2D eigenvalue weighted by atomic mass is 10.1. The highest BCUT2D eigenvalue weighted by Gasteiger charge is 2.27. The number of rotatable bonds is 5. The Balaban J connectivity index is 1.89. The lowest BCUT2D eigenvalue weighted by Crippen LogP contribution is -2.40. The van der Waals surface area contributed by atoms with Gasteiger partial charge in [0.1, 0.15) is 0 Å². The summed E-state index contributed by atoms with van der Waals surface area (Å²) in [6, 6.07) is 8.12. The number of anilines is 1. The molecular weight excluding hydrogens is 422 g/mol. The molecule has 0 radical (unpaired) electrons. The number of benzene rings is 2. The van der Waals surface area contributed by atoms with Crippen LogP contribution in [0.4, 0.5) is 11.4 Å². The third-order valence-corrected chi connectivity index (χ3v) is 6.68. The maximum atomic E-state index is 12.8. The Morgan fingerprint density at radius 1 is 1.21 bits per heavy atom. The van der Waals surface area contributed by atoms with Crippen LogP contribution in [0.15, 0.2) is 41.3 Å². The number of ether oxygens (including phenoxy) is 1. The van der Waals surface area contributed by atoms with Crippen molar-refractivity contribution in [2.75, 3.05) is 31.6 Å². The lowest BCUT2D eigenvalue weighted by Gasteiger charge is -2.26. The molecule has 0 unspecified atom stereocenters. The third kappa shape index (κ3) is 4.56. The summed E-state index contributed by atoms with van der Waals surface area (Å²) in [6.07, 6.45) is 0. The second-order valence-electron chi connectivity index (χ2n) is 6.37. The third-order valence-electron chi connectivity index (χ3n) is 4.45. The molecule has 11 heteroatoms. The molecule has 0 bridgehead atoms. The Bertz CT molecular complexity index is 1070. The fourth-order valence-electron chi connectivity index (χ4n) is 2.86. The second kappa shape index (κ2) is 8.46. The van der Waals surface area contributed by atoms with Gasteiger partial charge in [-0.2, -0.15) is 4.31 Å². The molecule has 0 atom stereocenters. The molecule has 2 aromatic rings. The fraction of sp³-hybridized carbons (Fsp3) is 0.278. The van der Waals surface area contributed by atoms with Crippen LogP contribution >= 0.6 is 11.6 Å². The molecule has 1 N–H and O–H groups in total. The summed E-state index contributed by atoms with van der Waals surface area (Å²) in [5.41, 5.74) is 0.455. The molecule has 0 aliphatic carbocycles. The normalized spacial score (nSPS) is 15.1. The van der Waals surface area contributed by atoms with Crippen LogP contribution in [0.1, 0.15) is 15.9 Å². The second-order valence-corrected chi connectivity index (χ2v) is 8.72. The van der Waals surface area contributed by atoms with E-state index in [1.165, 1.54) is 40.7 Å². The summed E-state index contributed by atoms with van der Waals surface area (Å²) < 4.78 is 32.1. The lowest BCUT2D eigenvalue weighted by molar-refractivity contribution is -0.385. The Morgan fingerprint density at radius 2 is 1.90 bits per heavy atom. The molecule has 0 saturated carbocycles. The van der Waals surface area contributed by atoms with E-state index in [1.54, 1.807) is 6.92 Å². The summed E-state index contributed by atoms with van der Waals surface area (Å²) >= 11 is 6.10. The maximum absolute atomic E-state index is 12.8. The van der Waals surface area contributed by atoms with Gasteiger partial charge in [-0.25, -0.2) is 8.42 Å². The average molecular weight is 440 g/mol. The van der Waals surface area contributed by atoms with E-state index < -0.39 is 20.9 Å². The summed E-state index contributed by atoms with van der Waals surface area (Å²) in [5.74, 6) is -0.674. The molecular formula is C18H18ClN3O6S. The van der Waals surface area contributed by atoms with Gasteiger partial charge in [0.05, 0.1) is 33.6 Å². The molecule has 1 saturated heterocycles. The largest absolute Gasteiger partial charge is 0.379 e. The minimum absolute atomic E-state index is 0.0516. The maximum Gasteiger partial charge on any atom is 0.274 e. The standard InChI is InChI=1S/C18H18ClN3O6S/c1-12-2-3-13(10-17(12)22(24)25)20-18(23)15-11-14(4-5-16(15)19)29(26,27)21-6-8-28-9-7-21/h2-5,10-11H,6-9H2,1H3,(H,20,23). The van der Waals surface area contributed by atoms with E-state index in [0.29, 0.717) is 18.8 Å².